The first kappa shape index (κ1) is 18.1. The number of hydrogen-bond acceptors (Lipinski definition) is 3. The van der Waals surface area contributed by atoms with Gasteiger partial charge in [0, 0.05) is 28.2 Å². The van der Waals surface area contributed by atoms with Crippen LogP contribution in [0.2, 0.25) is 10.0 Å². The second-order valence-corrected chi connectivity index (χ2v) is 8.58. The van der Waals surface area contributed by atoms with Gasteiger partial charge in [-0.1, -0.05) is 23.2 Å². The van der Waals surface area contributed by atoms with E-state index in [0.29, 0.717) is 28.7 Å². The van der Waals surface area contributed by atoms with Crippen molar-refractivity contribution in [2.75, 3.05) is 25.0 Å². The molecule has 4 rings (SSSR count). The van der Waals surface area contributed by atoms with Crippen LogP contribution < -0.4 is 10.6 Å². The molecule has 0 radical (unpaired) electrons. The molecule has 0 aromatic heterocycles. The van der Waals surface area contributed by atoms with Gasteiger partial charge in [0.1, 0.15) is 6.04 Å². The highest BCUT2D eigenvalue weighted by Gasteiger charge is 2.59. The van der Waals surface area contributed by atoms with Gasteiger partial charge in [-0.2, -0.15) is 0 Å². The van der Waals surface area contributed by atoms with Crippen LogP contribution >= 0.6 is 23.2 Å². The summed E-state index contributed by atoms with van der Waals surface area (Å²) in [7, 11) is 0. The normalized spacial score (nSPS) is 26.8. The lowest BCUT2D eigenvalue weighted by Gasteiger charge is -2.27. The van der Waals surface area contributed by atoms with Crippen molar-refractivity contribution >= 4 is 40.7 Å². The van der Waals surface area contributed by atoms with Crippen LogP contribution in [-0.2, 0) is 9.59 Å². The Hall–Kier alpha value is -1.30. The van der Waals surface area contributed by atoms with E-state index in [1.54, 1.807) is 23.1 Å². The van der Waals surface area contributed by atoms with E-state index in [1.807, 2.05) is 0 Å². The number of piperidine rings is 1. The number of carbonyl (C=O) groups is 2. The molecule has 26 heavy (non-hydrogen) atoms. The molecule has 1 aliphatic carbocycles. The summed E-state index contributed by atoms with van der Waals surface area (Å²) in [6, 6.07) is 4.55. The number of likely N-dealkylation sites (tertiary alicyclic amines) is 1. The predicted molar refractivity (Wildman–Crippen MR) is 102 cm³/mol. The Kier molecular flexibility index (Phi) is 4.88. The van der Waals surface area contributed by atoms with Crippen LogP contribution in [0.3, 0.4) is 0 Å². The van der Waals surface area contributed by atoms with Crippen molar-refractivity contribution in [2.24, 2.45) is 11.3 Å². The van der Waals surface area contributed by atoms with E-state index in [0.717, 1.165) is 38.8 Å². The van der Waals surface area contributed by atoms with E-state index >= 15 is 0 Å². The summed E-state index contributed by atoms with van der Waals surface area (Å²) in [4.78, 5) is 27.6. The molecule has 7 heteroatoms. The van der Waals surface area contributed by atoms with Crippen molar-refractivity contribution in [1.29, 1.82) is 0 Å². The van der Waals surface area contributed by atoms with Gasteiger partial charge in [0.25, 0.3) is 0 Å². The van der Waals surface area contributed by atoms with Crippen molar-refractivity contribution in [1.82, 2.24) is 10.2 Å². The molecule has 2 saturated heterocycles. The minimum absolute atomic E-state index is 0.0959. The maximum Gasteiger partial charge on any atom is 0.247 e. The molecule has 2 heterocycles. The van der Waals surface area contributed by atoms with E-state index in [9.17, 15) is 9.59 Å². The molecule has 2 atom stereocenters. The first-order valence-corrected chi connectivity index (χ1v) is 10.0. The second kappa shape index (κ2) is 7.02. The second-order valence-electron chi connectivity index (χ2n) is 7.71. The number of carbonyl (C=O) groups excluding carboxylic acids is 2. The molecule has 1 aromatic rings. The Bertz CT molecular complexity index is 713. The third-order valence-corrected chi connectivity index (χ3v) is 6.49. The Morgan fingerprint density at radius 2 is 1.85 bits per heavy atom. The van der Waals surface area contributed by atoms with Gasteiger partial charge in [-0.3, -0.25) is 9.59 Å². The molecule has 2 N–H and O–H groups in total. The molecule has 1 spiro atoms. The number of halogens is 2. The molecule has 5 nitrogen and oxygen atoms in total. The predicted octanol–water partition coefficient (Wildman–Crippen LogP) is 3.31. The van der Waals surface area contributed by atoms with Gasteiger partial charge >= 0.3 is 0 Å². The van der Waals surface area contributed by atoms with Crippen LogP contribution in [0.15, 0.2) is 18.2 Å². The molecule has 3 fully saturated rings. The topological polar surface area (TPSA) is 61.4 Å². The van der Waals surface area contributed by atoms with Gasteiger partial charge in [-0.15, -0.1) is 0 Å². The summed E-state index contributed by atoms with van der Waals surface area (Å²) in [5.74, 6) is 0.0986. The summed E-state index contributed by atoms with van der Waals surface area (Å²) in [5, 5.41) is 7.17. The summed E-state index contributed by atoms with van der Waals surface area (Å²) in [6.45, 7) is 2.64. The third kappa shape index (κ3) is 3.45. The number of benzene rings is 1. The van der Waals surface area contributed by atoms with Gasteiger partial charge in [-0.25, -0.2) is 0 Å². The van der Waals surface area contributed by atoms with Crippen molar-refractivity contribution < 1.29 is 9.59 Å². The summed E-state index contributed by atoms with van der Waals surface area (Å²) in [6.07, 6.45) is 4.67. The molecule has 1 saturated carbocycles. The maximum absolute atomic E-state index is 13.0. The molecule has 1 aromatic carbocycles. The SMILES string of the molecule is O=C(Nc1cc(Cl)cc(Cl)c1)C1CCCN1C(=O)C1CC12CCNCC2. The highest BCUT2D eigenvalue weighted by Crippen LogP contribution is 2.59. The number of nitrogens with one attached hydrogen (secondary N) is 2. The Morgan fingerprint density at radius 3 is 2.54 bits per heavy atom. The van der Waals surface area contributed by atoms with E-state index in [2.05, 4.69) is 10.6 Å². The summed E-state index contributed by atoms with van der Waals surface area (Å²) in [5.41, 5.74) is 0.750. The van der Waals surface area contributed by atoms with E-state index in [4.69, 9.17) is 23.2 Å². The monoisotopic (exact) mass is 395 g/mol. The van der Waals surface area contributed by atoms with Crippen molar-refractivity contribution in [3.8, 4) is 0 Å². The fourth-order valence-corrected chi connectivity index (χ4v) is 5.05. The fourth-order valence-electron chi connectivity index (χ4n) is 4.53. The highest BCUT2D eigenvalue weighted by atomic mass is 35.5. The lowest BCUT2D eigenvalue weighted by atomic mass is 9.91. The zero-order valence-electron chi connectivity index (χ0n) is 14.6. The maximum atomic E-state index is 13.0. The van der Waals surface area contributed by atoms with Gasteiger partial charge in [0.15, 0.2) is 0 Å². The molecule has 2 aliphatic heterocycles. The number of amides is 2. The Labute approximate surface area is 163 Å². The standard InChI is InChI=1S/C19H23Cl2N3O2/c20-12-8-13(21)10-14(9-12)23-17(25)16-2-1-7-24(16)18(26)15-11-19(15)3-5-22-6-4-19/h8-10,15-16,22H,1-7,11H2,(H,23,25). The number of rotatable bonds is 3. The number of nitrogens with zero attached hydrogens (tertiary/aromatic N) is 1. The van der Waals surface area contributed by atoms with Crippen LogP contribution in [0.1, 0.15) is 32.1 Å². The summed E-state index contributed by atoms with van der Waals surface area (Å²) < 4.78 is 0. The van der Waals surface area contributed by atoms with E-state index < -0.39 is 6.04 Å². The van der Waals surface area contributed by atoms with Crippen LogP contribution in [0.4, 0.5) is 5.69 Å². The quantitative estimate of drug-likeness (QED) is 0.824. The lowest BCUT2D eigenvalue weighted by molar-refractivity contribution is -0.138. The van der Waals surface area contributed by atoms with E-state index in [1.165, 1.54) is 0 Å². The molecule has 140 valence electrons. The molecule has 2 amide bonds. The Morgan fingerprint density at radius 1 is 1.15 bits per heavy atom. The lowest BCUT2D eigenvalue weighted by Crippen LogP contribution is -2.45. The largest absolute Gasteiger partial charge is 0.330 e. The smallest absolute Gasteiger partial charge is 0.247 e. The zero-order valence-corrected chi connectivity index (χ0v) is 16.1. The van der Waals surface area contributed by atoms with Crippen molar-refractivity contribution in [3.05, 3.63) is 28.2 Å². The minimum atomic E-state index is -0.403. The van der Waals surface area contributed by atoms with Gasteiger partial charge in [-0.05, 0) is 68.8 Å². The molecular formula is C19H23Cl2N3O2. The van der Waals surface area contributed by atoms with Crippen molar-refractivity contribution in [2.45, 2.75) is 38.1 Å². The average molecular weight is 396 g/mol. The first-order valence-electron chi connectivity index (χ1n) is 9.27. The van der Waals surface area contributed by atoms with E-state index in [-0.39, 0.29) is 23.1 Å². The van der Waals surface area contributed by atoms with Crippen LogP contribution in [0, 0.1) is 11.3 Å². The Balaban J connectivity index is 1.43. The van der Waals surface area contributed by atoms with Gasteiger partial charge < -0.3 is 15.5 Å². The molecule has 0 bridgehead atoms. The first-order chi connectivity index (χ1) is 12.5. The minimum Gasteiger partial charge on any atom is -0.330 e. The third-order valence-electron chi connectivity index (χ3n) is 6.06. The van der Waals surface area contributed by atoms with Crippen molar-refractivity contribution in [3.63, 3.8) is 0 Å². The number of anilines is 1. The van der Waals surface area contributed by atoms with Gasteiger partial charge in [0.05, 0.1) is 0 Å². The summed E-state index contributed by atoms with van der Waals surface area (Å²) >= 11 is 12.0. The zero-order chi connectivity index (χ0) is 18.3. The van der Waals surface area contributed by atoms with Gasteiger partial charge in [0.2, 0.25) is 11.8 Å². The van der Waals surface area contributed by atoms with Crippen LogP contribution in [-0.4, -0.2) is 42.4 Å². The average Bonchev–Trinajstić information content (AvgIpc) is 3.06. The molecule has 3 aliphatic rings. The fraction of sp³-hybridized carbons (Fsp3) is 0.579. The highest BCUT2D eigenvalue weighted by molar-refractivity contribution is 6.35. The molecular weight excluding hydrogens is 373 g/mol. The number of hydrogen-bond donors (Lipinski definition) is 2. The van der Waals surface area contributed by atoms with Crippen LogP contribution in [0.25, 0.3) is 0 Å². The van der Waals surface area contributed by atoms with Crippen LogP contribution in [0.5, 0.6) is 0 Å². The molecule has 2 unspecified atom stereocenters.